The van der Waals surface area contributed by atoms with Crippen LogP contribution in [0.5, 0.6) is 5.75 Å². The fourth-order valence-electron chi connectivity index (χ4n) is 2.27. The molecule has 0 saturated carbocycles. The minimum atomic E-state index is -1.19. The van der Waals surface area contributed by atoms with E-state index in [4.69, 9.17) is 15.2 Å². The standard InChI is InChI=1S/C19H19N3O7/c20-17(23)11-10-16(21-19(25)28-12-13-4-2-1-3-5-13)18(24)29-15-8-6-14(7-9-15)22(26)27/h1-9,16H,10-12H2,(H2,20,23)(H,21,25). The number of alkyl carbamates (subject to hydrolysis) is 1. The van der Waals surface area contributed by atoms with Crippen LogP contribution >= 0.6 is 0 Å². The summed E-state index contributed by atoms with van der Waals surface area (Å²) in [5.41, 5.74) is 5.69. The van der Waals surface area contributed by atoms with E-state index in [2.05, 4.69) is 5.32 Å². The molecule has 0 fully saturated rings. The molecule has 0 bridgehead atoms. The number of hydrogen-bond donors (Lipinski definition) is 2. The Hall–Kier alpha value is -3.95. The molecule has 0 heterocycles. The first-order valence-corrected chi connectivity index (χ1v) is 8.57. The minimum absolute atomic E-state index is 0.00733. The summed E-state index contributed by atoms with van der Waals surface area (Å²) in [6.07, 6.45) is -1.13. The molecule has 0 radical (unpaired) electrons. The monoisotopic (exact) mass is 401 g/mol. The zero-order chi connectivity index (χ0) is 21.2. The van der Waals surface area contributed by atoms with Gasteiger partial charge in [-0.3, -0.25) is 14.9 Å². The van der Waals surface area contributed by atoms with Gasteiger partial charge in [0.25, 0.3) is 5.69 Å². The van der Waals surface area contributed by atoms with Gasteiger partial charge in [0.1, 0.15) is 18.4 Å². The smallest absolute Gasteiger partial charge is 0.408 e. The lowest BCUT2D eigenvalue weighted by molar-refractivity contribution is -0.384. The molecule has 2 amide bonds. The van der Waals surface area contributed by atoms with E-state index in [1.54, 1.807) is 24.3 Å². The average molecular weight is 401 g/mol. The molecule has 0 aliphatic heterocycles. The van der Waals surface area contributed by atoms with E-state index in [0.29, 0.717) is 0 Å². The Morgan fingerprint density at radius 2 is 1.72 bits per heavy atom. The van der Waals surface area contributed by atoms with Crippen LogP contribution in [-0.4, -0.2) is 28.9 Å². The summed E-state index contributed by atoms with van der Waals surface area (Å²) in [7, 11) is 0. The maximum absolute atomic E-state index is 12.4. The summed E-state index contributed by atoms with van der Waals surface area (Å²) in [5, 5.41) is 13.0. The Morgan fingerprint density at radius 1 is 1.07 bits per heavy atom. The van der Waals surface area contributed by atoms with Crippen molar-refractivity contribution in [3.05, 3.63) is 70.3 Å². The van der Waals surface area contributed by atoms with Gasteiger partial charge in [0.2, 0.25) is 5.91 Å². The first-order valence-electron chi connectivity index (χ1n) is 8.57. The third kappa shape index (κ3) is 7.29. The van der Waals surface area contributed by atoms with Crippen LogP contribution in [0.4, 0.5) is 10.5 Å². The number of nitro groups is 1. The van der Waals surface area contributed by atoms with Gasteiger partial charge in [-0.05, 0) is 24.1 Å². The maximum Gasteiger partial charge on any atom is 0.408 e. The van der Waals surface area contributed by atoms with Gasteiger partial charge in [0, 0.05) is 18.6 Å². The van der Waals surface area contributed by atoms with Gasteiger partial charge in [-0.25, -0.2) is 9.59 Å². The molecule has 0 aromatic heterocycles. The number of amides is 2. The first-order chi connectivity index (χ1) is 13.8. The van der Waals surface area contributed by atoms with Crippen LogP contribution in [0.3, 0.4) is 0 Å². The molecule has 10 nitrogen and oxygen atoms in total. The molecule has 1 atom stereocenters. The second kappa shape index (κ2) is 10.4. The normalized spacial score (nSPS) is 11.2. The van der Waals surface area contributed by atoms with Crippen molar-refractivity contribution in [3.63, 3.8) is 0 Å². The van der Waals surface area contributed by atoms with E-state index in [0.717, 1.165) is 5.56 Å². The van der Waals surface area contributed by atoms with E-state index in [-0.39, 0.29) is 30.9 Å². The number of ether oxygens (including phenoxy) is 2. The van der Waals surface area contributed by atoms with Crippen molar-refractivity contribution in [2.45, 2.75) is 25.5 Å². The molecular formula is C19H19N3O7. The Labute approximate surface area is 165 Å². The minimum Gasteiger partial charge on any atom is -0.445 e. The molecule has 2 rings (SSSR count). The van der Waals surface area contributed by atoms with Crippen molar-refractivity contribution in [2.75, 3.05) is 0 Å². The average Bonchev–Trinajstić information content (AvgIpc) is 2.70. The summed E-state index contributed by atoms with van der Waals surface area (Å²) < 4.78 is 10.2. The molecular weight excluding hydrogens is 382 g/mol. The van der Waals surface area contributed by atoms with Crippen LogP contribution in [0.15, 0.2) is 54.6 Å². The van der Waals surface area contributed by atoms with E-state index in [1.807, 2.05) is 6.07 Å². The fraction of sp³-hybridized carbons (Fsp3) is 0.211. The number of non-ortho nitro benzene ring substituents is 1. The maximum atomic E-state index is 12.4. The zero-order valence-corrected chi connectivity index (χ0v) is 15.3. The van der Waals surface area contributed by atoms with Crippen LogP contribution in [0, 0.1) is 10.1 Å². The molecule has 152 valence electrons. The van der Waals surface area contributed by atoms with Crippen LogP contribution in [0.1, 0.15) is 18.4 Å². The third-order valence-corrected chi connectivity index (χ3v) is 3.73. The molecule has 2 aromatic rings. The largest absolute Gasteiger partial charge is 0.445 e. The van der Waals surface area contributed by atoms with E-state index < -0.39 is 28.9 Å². The number of rotatable bonds is 9. The Bertz CT molecular complexity index is 869. The topological polar surface area (TPSA) is 151 Å². The quantitative estimate of drug-likeness (QED) is 0.282. The Balaban J connectivity index is 1.97. The van der Waals surface area contributed by atoms with Gasteiger partial charge in [0.05, 0.1) is 4.92 Å². The lowest BCUT2D eigenvalue weighted by atomic mass is 10.1. The van der Waals surface area contributed by atoms with E-state index in [9.17, 15) is 24.5 Å². The van der Waals surface area contributed by atoms with Crippen molar-refractivity contribution < 1.29 is 28.8 Å². The van der Waals surface area contributed by atoms with Gasteiger partial charge in [0.15, 0.2) is 0 Å². The fourth-order valence-corrected chi connectivity index (χ4v) is 2.27. The van der Waals surface area contributed by atoms with Crippen molar-refractivity contribution >= 4 is 23.7 Å². The van der Waals surface area contributed by atoms with Crippen molar-refractivity contribution in [2.24, 2.45) is 5.73 Å². The number of benzene rings is 2. The molecule has 1 unspecified atom stereocenters. The number of esters is 1. The molecule has 0 spiro atoms. The predicted octanol–water partition coefficient (Wildman–Crippen LogP) is 2.06. The highest BCUT2D eigenvalue weighted by Gasteiger charge is 2.24. The highest BCUT2D eigenvalue weighted by Crippen LogP contribution is 2.18. The Kier molecular flexibility index (Phi) is 7.66. The summed E-state index contributed by atoms with van der Waals surface area (Å²) >= 11 is 0. The van der Waals surface area contributed by atoms with Crippen LogP contribution < -0.4 is 15.8 Å². The number of primary amides is 1. The predicted molar refractivity (Wildman–Crippen MR) is 101 cm³/mol. The second-order valence-electron chi connectivity index (χ2n) is 5.94. The van der Waals surface area contributed by atoms with Gasteiger partial charge in [-0.2, -0.15) is 0 Å². The highest BCUT2D eigenvalue weighted by molar-refractivity contribution is 5.84. The lowest BCUT2D eigenvalue weighted by Gasteiger charge is -2.17. The summed E-state index contributed by atoms with van der Waals surface area (Å²) in [4.78, 5) is 45.5. The first kappa shape index (κ1) is 21.4. The van der Waals surface area contributed by atoms with Crippen LogP contribution in [0.25, 0.3) is 0 Å². The highest BCUT2D eigenvalue weighted by atomic mass is 16.6. The number of nitrogens with two attached hydrogens (primary N) is 1. The number of nitrogens with zero attached hydrogens (tertiary/aromatic N) is 1. The molecule has 29 heavy (non-hydrogen) atoms. The SMILES string of the molecule is NC(=O)CCC(NC(=O)OCc1ccccc1)C(=O)Oc1ccc([N+](=O)[O-])cc1. The number of carbonyl (C=O) groups excluding carboxylic acids is 3. The van der Waals surface area contributed by atoms with E-state index >= 15 is 0 Å². The summed E-state index contributed by atoms with van der Waals surface area (Å²) in [6, 6.07) is 12.6. The number of nitro benzene ring substituents is 1. The van der Waals surface area contributed by atoms with Gasteiger partial charge in [-0.15, -0.1) is 0 Å². The molecule has 3 N–H and O–H groups in total. The molecule has 0 saturated heterocycles. The number of carbonyl (C=O) groups is 3. The third-order valence-electron chi connectivity index (χ3n) is 3.73. The molecule has 10 heteroatoms. The van der Waals surface area contributed by atoms with Crippen LogP contribution in [0.2, 0.25) is 0 Å². The van der Waals surface area contributed by atoms with Crippen molar-refractivity contribution in [3.8, 4) is 5.75 Å². The molecule has 2 aromatic carbocycles. The number of hydrogen-bond acceptors (Lipinski definition) is 7. The van der Waals surface area contributed by atoms with Gasteiger partial charge >= 0.3 is 12.1 Å². The molecule has 0 aliphatic carbocycles. The van der Waals surface area contributed by atoms with E-state index in [1.165, 1.54) is 24.3 Å². The van der Waals surface area contributed by atoms with Crippen LogP contribution in [-0.2, 0) is 20.9 Å². The van der Waals surface area contributed by atoms with Crippen molar-refractivity contribution in [1.82, 2.24) is 5.32 Å². The lowest BCUT2D eigenvalue weighted by Crippen LogP contribution is -2.43. The zero-order valence-electron chi connectivity index (χ0n) is 15.3. The Morgan fingerprint density at radius 3 is 2.31 bits per heavy atom. The van der Waals surface area contributed by atoms with Gasteiger partial charge < -0.3 is 20.5 Å². The molecule has 0 aliphatic rings. The van der Waals surface area contributed by atoms with Crippen molar-refractivity contribution in [1.29, 1.82) is 0 Å². The summed E-state index contributed by atoms with van der Waals surface area (Å²) in [6.45, 7) is -0.00733. The van der Waals surface area contributed by atoms with Gasteiger partial charge in [-0.1, -0.05) is 30.3 Å². The number of nitrogens with one attached hydrogen (secondary N) is 1. The second-order valence-corrected chi connectivity index (χ2v) is 5.94. The summed E-state index contributed by atoms with van der Waals surface area (Å²) in [5.74, 6) is -1.47.